The highest BCUT2D eigenvalue weighted by atomic mass is 15.1. The molecule has 0 aromatic rings. The van der Waals surface area contributed by atoms with Crippen LogP contribution in [0.1, 0.15) is 59.3 Å². The number of nitrogens with zero attached hydrogens (tertiary/aromatic N) is 1. The van der Waals surface area contributed by atoms with Crippen LogP contribution in [0.15, 0.2) is 0 Å². The molecule has 0 radical (unpaired) electrons. The van der Waals surface area contributed by atoms with E-state index < -0.39 is 0 Å². The predicted octanol–water partition coefficient (Wildman–Crippen LogP) is 3.28. The highest BCUT2D eigenvalue weighted by molar-refractivity contribution is 4.85. The van der Waals surface area contributed by atoms with Crippen LogP contribution in [0.4, 0.5) is 0 Å². The fourth-order valence-electron chi connectivity index (χ4n) is 3.67. The molecule has 2 fully saturated rings. The Morgan fingerprint density at radius 2 is 1.72 bits per heavy atom. The average molecular weight is 252 g/mol. The Morgan fingerprint density at radius 1 is 1.06 bits per heavy atom. The van der Waals surface area contributed by atoms with Crippen LogP contribution in [0.3, 0.4) is 0 Å². The van der Waals surface area contributed by atoms with E-state index in [2.05, 4.69) is 31.0 Å². The minimum absolute atomic E-state index is 0.791. The molecule has 0 aromatic heterocycles. The first-order valence-electron chi connectivity index (χ1n) is 8.13. The first kappa shape index (κ1) is 14.3. The molecule has 2 aliphatic rings. The summed E-state index contributed by atoms with van der Waals surface area (Å²) in [5, 5.41) is 3.95. The summed E-state index contributed by atoms with van der Waals surface area (Å²) >= 11 is 0. The van der Waals surface area contributed by atoms with Crippen LogP contribution in [-0.2, 0) is 0 Å². The van der Waals surface area contributed by atoms with Crippen LogP contribution < -0.4 is 5.32 Å². The van der Waals surface area contributed by atoms with E-state index in [-0.39, 0.29) is 0 Å². The van der Waals surface area contributed by atoms with Gasteiger partial charge in [-0.2, -0.15) is 0 Å². The van der Waals surface area contributed by atoms with E-state index in [0.717, 1.165) is 23.9 Å². The van der Waals surface area contributed by atoms with E-state index in [1.54, 1.807) is 0 Å². The maximum atomic E-state index is 3.95. The van der Waals surface area contributed by atoms with Crippen molar-refractivity contribution >= 4 is 0 Å². The lowest BCUT2D eigenvalue weighted by Gasteiger charge is -2.38. The van der Waals surface area contributed by atoms with Crippen LogP contribution in [0.5, 0.6) is 0 Å². The zero-order chi connectivity index (χ0) is 13.0. The minimum Gasteiger partial charge on any atom is -0.311 e. The van der Waals surface area contributed by atoms with Crippen LogP contribution in [0.25, 0.3) is 0 Å². The van der Waals surface area contributed by atoms with Crippen molar-refractivity contribution in [3.05, 3.63) is 0 Å². The fraction of sp³-hybridized carbons (Fsp3) is 1.00. The van der Waals surface area contributed by atoms with Crippen LogP contribution in [0.2, 0.25) is 0 Å². The molecule has 0 aromatic carbocycles. The molecule has 2 nitrogen and oxygen atoms in total. The molecule has 2 rings (SSSR count). The first-order valence-corrected chi connectivity index (χ1v) is 8.13. The summed E-state index contributed by atoms with van der Waals surface area (Å²) in [5.74, 6) is 1.71. The summed E-state index contributed by atoms with van der Waals surface area (Å²) in [6.07, 6.45) is 8.45. The van der Waals surface area contributed by atoms with Crippen molar-refractivity contribution in [1.82, 2.24) is 10.2 Å². The van der Waals surface area contributed by atoms with Crippen molar-refractivity contribution < 1.29 is 0 Å². The number of piperidine rings is 1. The number of hydrogen-bond acceptors (Lipinski definition) is 2. The molecule has 1 saturated carbocycles. The molecule has 0 spiro atoms. The van der Waals surface area contributed by atoms with Gasteiger partial charge in [0.15, 0.2) is 0 Å². The fourth-order valence-corrected chi connectivity index (χ4v) is 3.67. The minimum atomic E-state index is 0.791. The highest BCUT2D eigenvalue weighted by Gasteiger charge is 2.26. The molecule has 0 amide bonds. The van der Waals surface area contributed by atoms with Gasteiger partial charge in [0, 0.05) is 18.6 Å². The van der Waals surface area contributed by atoms with Gasteiger partial charge < -0.3 is 10.2 Å². The number of hydrogen-bond donors (Lipinski definition) is 1. The molecular formula is C16H32N2. The summed E-state index contributed by atoms with van der Waals surface area (Å²) < 4.78 is 0. The molecule has 1 saturated heterocycles. The molecule has 2 unspecified atom stereocenters. The largest absolute Gasteiger partial charge is 0.311 e. The molecule has 1 aliphatic carbocycles. The second kappa shape index (κ2) is 6.91. The molecule has 0 bridgehead atoms. The van der Waals surface area contributed by atoms with Gasteiger partial charge in [0.1, 0.15) is 0 Å². The summed E-state index contributed by atoms with van der Waals surface area (Å²) in [6.45, 7) is 11.0. The van der Waals surface area contributed by atoms with Gasteiger partial charge in [0.25, 0.3) is 0 Å². The normalized spacial score (nSPS) is 32.0. The Bertz CT molecular complexity index is 231. The summed E-state index contributed by atoms with van der Waals surface area (Å²) in [6, 6.07) is 1.60. The SMILES string of the molecule is CC(C)CN1CCC(NC2CCCCC2C)CC1. The molecule has 2 atom stereocenters. The second-order valence-electron chi connectivity index (χ2n) is 7.00. The zero-order valence-corrected chi connectivity index (χ0v) is 12.6. The summed E-state index contributed by atoms with van der Waals surface area (Å²) in [5.41, 5.74) is 0. The van der Waals surface area contributed by atoms with Gasteiger partial charge in [-0.1, -0.05) is 33.6 Å². The molecule has 18 heavy (non-hydrogen) atoms. The third-order valence-corrected chi connectivity index (χ3v) is 4.77. The van der Waals surface area contributed by atoms with Crippen molar-refractivity contribution in [1.29, 1.82) is 0 Å². The molecule has 1 aliphatic heterocycles. The Balaban J connectivity index is 1.69. The standard InChI is InChI=1S/C16H32N2/c1-13(2)12-18-10-8-15(9-11-18)17-16-7-5-4-6-14(16)3/h13-17H,4-12H2,1-3H3. The monoisotopic (exact) mass is 252 g/mol. The average Bonchev–Trinajstić information content (AvgIpc) is 2.34. The van der Waals surface area contributed by atoms with E-state index >= 15 is 0 Å². The van der Waals surface area contributed by atoms with Gasteiger partial charge in [-0.05, 0) is 50.6 Å². The number of rotatable bonds is 4. The number of nitrogens with one attached hydrogen (secondary N) is 1. The van der Waals surface area contributed by atoms with E-state index in [0.29, 0.717) is 0 Å². The van der Waals surface area contributed by atoms with Crippen LogP contribution >= 0.6 is 0 Å². The lowest BCUT2D eigenvalue weighted by molar-refractivity contribution is 0.159. The molecule has 1 N–H and O–H groups in total. The quantitative estimate of drug-likeness (QED) is 0.826. The smallest absolute Gasteiger partial charge is 0.00953 e. The van der Waals surface area contributed by atoms with E-state index in [1.807, 2.05) is 0 Å². The van der Waals surface area contributed by atoms with Gasteiger partial charge >= 0.3 is 0 Å². The Hall–Kier alpha value is -0.0800. The van der Waals surface area contributed by atoms with E-state index in [4.69, 9.17) is 0 Å². The van der Waals surface area contributed by atoms with Crippen molar-refractivity contribution in [3.8, 4) is 0 Å². The summed E-state index contributed by atoms with van der Waals surface area (Å²) in [4.78, 5) is 2.65. The predicted molar refractivity (Wildman–Crippen MR) is 78.9 cm³/mol. The lowest BCUT2D eigenvalue weighted by Crippen LogP contribution is -2.49. The van der Waals surface area contributed by atoms with E-state index in [9.17, 15) is 0 Å². The second-order valence-corrected chi connectivity index (χ2v) is 7.00. The third kappa shape index (κ3) is 4.24. The molecular weight excluding hydrogens is 220 g/mol. The molecule has 106 valence electrons. The van der Waals surface area contributed by atoms with Crippen LogP contribution in [0, 0.1) is 11.8 Å². The Kier molecular flexibility index (Phi) is 5.50. The first-order chi connectivity index (χ1) is 8.65. The zero-order valence-electron chi connectivity index (χ0n) is 12.6. The number of likely N-dealkylation sites (tertiary alicyclic amines) is 1. The molecule has 2 heteroatoms. The van der Waals surface area contributed by atoms with Crippen LogP contribution in [-0.4, -0.2) is 36.6 Å². The highest BCUT2D eigenvalue weighted by Crippen LogP contribution is 2.25. The Labute approximate surface area is 114 Å². The molecule has 1 heterocycles. The van der Waals surface area contributed by atoms with Gasteiger partial charge in [-0.15, -0.1) is 0 Å². The van der Waals surface area contributed by atoms with Crippen molar-refractivity contribution in [2.24, 2.45) is 11.8 Å². The van der Waals surface area contributed by atoms with Gasteiger partial charge in [-0.25, -0.2) is 0 Å². The lowest BCUT2D eigenvalue weighted by atomic mass is 9.85. The van der Waals surface area contributed by atoms with Gasteiger partial charge in [0.2, 0.25) is 0 Å². The van der Waals surface area contributed by atoms with Crippen molar-refractivity contribution in [2.45, 2.75) is 71.4 Å². The van der Waals surface area contributed by atoms with Crippen molar-refractivity contribution in [2.75, 3.05) is 19.6 Å². The van der Waals surface area contributed by atoms with E-state index in [1.165, 1.54) is 58.2 Å². The third-order valence-electron chi connectivity index (χ3n) is 4.77. The Morgan fingerprint density at radius 3 is 2.33 bits per heavy atom. The topological polar surface area (TPSA) is 15.3 Å². The summed E-state index contributed by atoms with van der Waals surface area (Å²) in [7, 11) is 0. The maximum Gasteiger partial charge on any atom is 0.00953 e. The van der Waals surface area contributed by atoms with Crippen molar-refractivity contribution in [3.63, 3.8) is 0 Å². The maximum absolute atomic E-state index is 3.95. The van der Waals surface area contributed by atoms with Gasteiger partial charge in [-0.3, -0.25) is 0 Å². The van der Waals surface area contributed by atoms with Gasteiger partial charge in [0.05, 0.1) is 0 Å².